The number of benzene rings is 1. The fourth-order valence-electron chi connectivity index (χ4n) is 2.89. The standard InChI is InChI=1S/C16H20N4O3S2/c1-10(13-8-7-12-5-3-4-6-14(12)9-13)20-25(22,23)16-19-18-15(24-16)17-11(2)21/h7-10,20H,3-6H2,1-2H3,(H,17,18,21)/t10-/m1/s1. The van der Waals surface area contributed by atoms with Gasteiger partial charge in [-0.25, -0.2) is 13.1 Å². The number of carbonyl (C=O) groups is 1. The van der Waals surface area contributed by atoms with Crippen molar-refractivity contribution in [2.75, 3.05) is 5.32 Å². The van der Waals surface area contributed by atoms with Gasteiger partial charge in [-0.1, -0.05) is 29.5 Å². The van der Waals surface area contributed by atoms with Gasteiger partial charge in [-0.3, -0.25) is 4.79 Å². The summed E-state index contributed by atoms with van der Waals surface area (Å²) >= 11 is 0.824. The van der Waals surface area contributed by atoms with Gasteiger partial charge in [0, 0.05) is 13.0 Å². The normalized spacial score (nSPS) is 15.4. The molecule has 1 heterocycles. The fourth-order valence-corrected chi connectivity index (χ4v) is 5.09. The summed E-state index contributed by atoms with van der Waals surface area (Å²) in [6, 6.07) is 5.77. The molecule has 0 unspecified atom stereocenters. The van der Waals surface area contributed by atoms with Crippen LogP contribution >= 0.6 is 11.3 Å². The number of aromatic nitrogens is 2. The van der Waals surface area contributed by atoms with Crippen molar-refractivity contribution < 1.29 is 13.2 Å². The highest BCUT2D eigenvalue weighted by atomic mass is 32.2. The predicted octanol–water partition coefficient (Wildman–Crippen LogP) is 2.41. The summed E-state index contributed by atoms with van der Waals surface area (Å²) < 4.78 is 27.4. The summed E-state index contributed by atoms with van der Waals surface area (Å²) in [5.41, 5.74) is 3.59. The van der Waals surface area contributed by atoms with Crippen molar-refractivity contribution in [2.24, 2.45) is 0 Å². The highest BCUT2D eigenvalue weighted by molar-refractivity contribution is 7.91. The number of anilines is 1. The smallest absolute Gasteiger partial charge is 0.270 e. The van der Waals surface area contributed by atoms with Gasteiger partial charge < -0.3 is 5.32 Å². The molecule has 7 nitrogen and oxygen atoms in total. The van der Waals surface area contributed by atoms with Crippen LogP contribution in [0.2, 0.25) is 0 Å². The van der Waals surface area contributed by atoms with E-state index in [2.05, 4.69) is 32.4 Å². The first-order chi connectivity index (χ1) is 11.8. The minimum absolute atomic E-state index is 0.161. The van der Waals surface area contributed by atoms with E-state index in [1.807, 2.05) is 6.07 Å². The molecule has 1 atom stereocenters. The molecule has 1 amide bonds. The zero-order valence-corrected chi connectivity index (χ0v) is 15.7. The quantitative estimate of drug-likeness (QED) is 0.776. The molecule has 0 saturated heterocycles. The first-order valence-corrected chi connectivity index (χ1v) is 10.4. The van der Waals surface area contributed by atoms with Crippen LogP contribution < -0.4 is 10.0 Å². The van der Waals surface area contributed by atoms with Gasteiger partial charge in [-0.05, 0) is 49.3 Å². The van der Waals surface area contributed by atoms with Crippen molar-refractivity contribution in [3.05, 3.63) is 34.9 Å². The number of amides is 1. The highest BCUT2D eigenvalue weighted by Crippen LogP contribution is 2.26. The van der Waals surface area contributed by atoms with Crippen LogP contribution in [0.5, 0.6) is 0 Å². The van der Waals surface area contributed by atoms with Crippen LogP contribution in [0.1, 0.15) is 49.4 Å². The highest BCUT2D eigenvalue weighted by Gasteiger charge is 2.24. The van der Waals surface area contributed by atoms with Crippen molar-refractivity contribution in [1.29, 1.82) is 0 Å². The van der Waals surface area contributed by atoms with Crippen LogP contribution in [-0.2, 0) is 27.7 Å². The molecule has 0 spiro atoms. The number of aryl methyl sites for hydroxylation is 2. The van der Waals surface area contributed by atoms with E-state index in [1.54, 1.807) is 6.92 Å². The van der Waals surface area contributed by atoms with Crippen molar-refractivity contribution in [1.82, 2.24) is 14.9 Å². The first-order valence-electron chi connectivity index (χ1n) is 8.10. The Hall–Kier alpha value is -1.84. The number of sulfonamides is 1. The molecule has 1 aliphatic rings. The number of rotatable bonds is 5. The molecule has 25 heavy (non-hydrogen) atoms. The molecule has 134 valence electrons. The van der Waals surface area contributed by atoms with E-state index < -0.39 is 10.0 Å². The van der Waals surface area contributed by atoms with Gasteiger partial charge in [-0.15, -0.1) is 10.2 Å². The van der Waals surface area contributed by atoms with E-state index >= 15 is 0 Å². The lowest BCUT2D eigenvalue weighted by Crippen LogP contribution is -2.27. The lowest BCUT2D eigenvalue weighted by molar-refractivity contribution is -0.114. The van der Waals surface area contributed by atoms with Gasteiger partial charge in [0.15, 0.2) is 0 Å². The van der Waals surface area contributed by atoms with E-state index in [4.69, 9.17) is 0 Å². The van der Waals surface area contributed by atoms with Gasteiger partial charge >= 0.3 is 0 Å². The number of hydrogen-bond acceptors (Lipinski definition) is 6. The van der Waals surface area contributed by atoms with Crippen LogP contribution in [0.25, 0.3) is 0 Å². The maximum absolute atomic E-state index is 12.5. The maximum atomic E-state index is 12.5. The zero-order chi connectivity index (χ0) is 18.0. The second-order valence-corrected chi connectivity index (χ2v) is 9.00. The van der Waals surface area contributed by atoms with E-state index in [-0.39, 0.29) is 21.4 Å². The van der Waals surface area contributed by atoms with Gasteiger partial charge in [0.25, 0.3) is 10.0 Å². The summed E-state index contributed by atoms with van der Waals surface area (Å²) in [4.78, 5) is 11.0. The Morgan fingerprint density at radius 1 is 1.20 bits per heavy atom. The Morgan fingerprint density at radius 3 is 2.64 bits per heavy atom. The third kappa shape index (κ3) is 4.23. The maximum Gasteiger partial charge on any atom is 0.270 e. The van der Waals surface area contributed by atoms with Gasteiger partial charge in [0.2, 0.25) is 15.4 Å². The molecule has 2 N–H and O–H groups in total. The summed E-state index contributed by atoms with van der Waals surface area (Å²) in [7, 11) is -3.80. The predicted molar refractivity (Wildman–Crippen MR) is 96.0 cm³/mol. The number of carbonyl (C=O) groups excluding carboxylic acids is 1. The SMILES string of the molecule is CC(=O)Nc1nnc(S(=O)(=O)N[C@H](C)c2ccc3c(c2)CCCC3)s1. The molecule has 1 aromatic heterocycles. The third-order valence-electron chi connectivity index (χ3n) is 4.12. The van der Waals surface area contributed by atoms with Crippen LogP contribution in [0.4, 0.5) is 5.13 Å². The molecular weight excluding hydrogens is 360 g/mol. The molecule has 1 aliphatic carbocycles. The van der Waals surface area contributed by atoms with E-state index in [0.717, 1.165) is 29.7 Å². The van der Waals surface area contributed by atoms with E-state index in [9.17, 15) is 13.2 Å². The second-order valence-electron chi connectivity index (χ2n) is 6.13. The topological polar surface area (TPSA) is 101 Å². The summed E-state index contributed by atoms with van der Waals surface area (Å²) in [5.74, 6) is -0.324. The molecule has 0 aliphatic heterocycles. The molecule has 2 aromatic rings. The Labute approximate surface area is 150 Å². The first kappa shape index (κ1) is 18.0. The van der Waals surface area contributed by atoms with Crippen molar-refractivity contribution in [3.63, 3.8) is 0 Å². The third-order valence-corrected chi connectivity index (χ3v) is 6.87. The fraction of sp³-hybridized carbons (Fsp3) is 0.438. The Bertz CT molecular complexity index is 893. The van der Waals surface area contributed by atoms with Crippen molar-refractivity contribution in [2.45, 2.75) is 49.9 Å². The lowest BCUT2D eigenvalue weighted by atomic mass is 9.89. The minimum atomic E-state index is -3.80. The van der Waals surface area contributed by atoms with Gasteiger partial charge in [-0.2, -0.15) is 0 Å². The molecule has 0 fully saturated rings. The molecule has 0 bridgehead atoms. The van der Waals surface area contributed by atoms with Crippen LogP contribution in [0, 0.1) is 0 Å². The van der Waals surface area contributed by atoms with Crippen molar-refractivity contribution >= 4 is 32.4 Å². The summed E-state index contributed by atoms with van der Waals surface area (Å²) in [6.07, 6.45) is 4.51. The van der Waals surface area contributed by atoms with E-state index in [1.165, 1.54) is 30.9 Å². The Balaban J connectivity index is 1.76. The van der Waals surface area contributed by atoms with Crippen LogP contribution in [0.15, 0.2) is 22.5 Å². The van der Waals surface area contributed by atoms with E-state index in [0.29, 0.717) is 0 Å². The molecular formula is C16H20N4O3S2. The van der Waals surface area contributed by atoms with Gasteiger partial charge in [0.1, 0.15) is 0 Å². The lowest BCUT2D eigenvalue weighted by Gasteiger charge is -2.19. The number of nitrogens with zero attached hydrogens (tertiary/aromatic N) is 2. The Morgan fingerprint density at radius 2 is 1.92 bits per heavy atom. The summed E-state index contributed by atoms with van der Waals surface area (Å²) in [6.45, 7) is 3.13. The average Bonchev–Trinajstić information content (AvgIpc) is 3.02. The molecule has 1 aromatic carbocycles. The van der Waals surface area contributed by atoms with Gasteiger partial charge in [0.05, 0.1) is 0 Å². The minimum Gasteiger partial charge on any atom is -0.301 e. The largest absolute Gasteiger partial charge is 0.301 e. The second kappa shape index (κ2) is 7.19. The zero-order valence-electron chi connectivity index (χ0n) is 14.1. The monoisotopic (exact) mass is 380 g/mol. The van der Waals surface area contributed by atoms with Crippen LogP contribution in [-0.4, -0.2) is 24.5 Å². The molecule has 9 heteroatoms. The number of fused-ring (bicyclic) bond motifs is 1. The molecule has 0 radical (unpaired) electrons. The number of hydrogen-bond donors (Lipinski definition) is 2. The molecule has 0 saturated carbocycles. The van der Waals surface area contributed by atoms with Crippen molar-refractivity contribution in [3.8, 4) is 0 Å². The average molecular weight is 380 g/mol. The molecule has 3 rings (SSSR count). The van der Waals surface area contributed by atoms with Crippen LogP contribution in [0.3, 0.4) is 0 Å². The summed E-state index contributed by atoms with van der Waals surface area (Å²) in [5, 5.41) is 9.93. The Kier molecular flexibility index (Phi) is 5.16. The number of nitrogens with one attached hydrogen (secondary N) is 2.